The van der Waals surface area contributed by atoms with Crippen LogP contribution in [0.4, 0.5) is 0 Å². The van der Waals surface area contributed by atoms with E-state index in [2.05, 4.69) is 15.8 Å². The van der Waals surface area contributed by atoms with E-state index in [1.165, 1.54) is 18.3 Å². The molecule has 0 radical (unpaired) electrons. The van der Waals surface area contributed by atoms with E-state index in [1.54, 1.807) is 6.07 Å². The smallest absolute Gasteiger partial charge is 0.329 e. The van der Waals surface area contributed by atoms with Gasteiger partial charge in [-0.3, -0.25) is 9.59 Å². The van der Waals surface area contributed by atoms with E-state index in [1.807, 2.05) is 31.2 Å². The normalized spacial score (nSPS) is 10.5. The topological polar surface area (TPSA) is 120 Å². The monoisotopic (exact) mass is 402 g/mol. The molecular weight excluding hydrogens is 386 g/mol. The van der Waals surface area contributed by atoms with E-state index in [9.17, 15) is 19.5 Å². The van der Waals surface area contributed by atoms with Crippen LogP contribution in [0.15, 0.2) is 47.6 Å². The predicted octanol–water partition coefficient (Wildman–Crippen LogP) is 0.544. The number of hydrazone groups is 1. The number of carboxylic acids is 1. The van der Waals surface area contributed by atoms with Crippen molar-refractivity contribution in [3.63, 3.8) is 0 Å². The van der Waals surface area contributed by atoms with Gasteiger partial charge in [0.1, 0.15) is 12.4 Å². The molecule has 2 rings (SSSR count). The average Bonchev–Trinajstić information content (AvgIpc) is 2.66. The molecule has 0 aliphatic heterocycles. The van der Waals surface area contributed by atoms with Crippen LogP contribution < -0.4 is 20.6 Å². The Morgan fingerprint density at radius 2 is 1.86 bits per heavy atom. The van der Waals surface area contributed by atoms with Gasteiger partial charge in [0, 0.05) is 6.54 Å². The standard InChI is InChI=1S/C19H18ClN3O5/c1-12-2-4-13(5-3-12)9-21-18(26)19(27)23-22-10-14-6-7-16(15(20)8-14)28-11-17(24)25/h2-8,10H,9,11H2,1H3,(H,21,26)(H,23,27)(H,24,25)/p-1/b22-10-. The van der Waals surface area contributed by atoms with Crippen LogP contribution in [0.25, 0.3) is 0 Å². The van der Waals surface area contributed by atoms with Crippen molar-refractivity contribution < 1.29 is 24.2 Å². The van der Waals surface area contributed by atoms with Gasteiger partial charge in [-0.15, -0.1) is 0 Å². The molecule has 0 fully saturated rings. The van der Waals surface area contributed by atoms with Gasteiger partial charge in [0.05, 0.1) is 17.2 Å². The van der Waals surface area contributed by atoms with E-state index < -0.39 is 24.4 Å². The lowest BCUT2D eigenvalue weighted by Gasteiger charge is -2.08. The molecule has 0 atom stereocenters. The molecule has 2 N–H and O–H groups in total. The third kappa shape index (κ3) is 6.73. The van der Waals surface area contributed by atoms with Gasteiger partial charge in [-0.05, 0) is 36.2 Å². The molecule has 0 heterocycles. The Bertz CT molecular complexity index is 897. The summed E-state index contributed by atoms with van der Waals surface area (Å²) in [7, 11) is 0. The van der Waals surface area contributed by atoms with Crippen LogP contribution in [0.1, 0.15) is 16.7 Å². The van der Waals surface area contributed by atoms with E-state index >= 15 is 0 Å². The molecule has 0 bridgehead atoms. The Morgan fingerprint density at radius 1 is 1.14 bits per heavy atom. The van der Waals surface area contributed by atoms with Gasteiger partial charge in [-0.1, -0.05) is 41.4 Å². The second kappa shape index (κ2) is 10.1. The Hall–Kier alpha value is -3.39. The number of hydrogen-bond donors (Lipinski definition) is 2. The molecule has 0 aliphatic rings. The minimum Gasteiger partial charge on any atom is -0.546 e. The van der Waals surface area contributed by atoms with Gasteiger partial charge in [-0.2, -0.15) is 5.10 Å². The number of aliphatic carboxylic acids is 1. The Balaban J connectivity index is 1.83. The van der Waals surface area contributed by atoms with Crippen LogP contribution in [-0.2, 0) is 20.9 Å². The van der Waals surface area contributed by atoms with Crippen LogP contribution in [-0.4, -0.2) is 30.6 Å². The number of hydrogen-bond acceptors (Lipinski definition) is 6. The van der Waals surface area contributed by atoms with E-state index in [4.69, 9.17) is 16.3 Å². The first-order chi connectivity index (χ1) is 13.3. The van der Waals surface area contributed by atoms with Crippen LogP contribution in [0.3, 0.4) is 0 Å². The highest BCUT2D eigenvalue weighted by atomic mass is 35.5. The summed E-state index contributed by atoms with van der Waals surface area (Å²) in [6.45, 7) is 1.55. The average molecular weight is 403 g/mol. The number of aryl methyl sites for hydroxylation is 1. The van der Waals surface area contributed by atoms with Crippen molar-refractivity contribution in [1.29, 1.82) is 0 Å². The molecule has 146 valence electrons. The molecule has 0 spiro atoms. The fourth-order valence-corrected chi connectivity index (χ4v) is 2.28. The van der Waals surface area contributed by atoms with Gasteiger partial charge in [0.15, 0.2) is 0 Å². The molecule has 2 amide bonds. The van der Waals surface area contributed by atoms with Gasteiger partial charge < -0.3 is 20.0 Å². The zero-order chi connectivity index (χ0) is 20.5. The summed E-state index contributed by atoms with van der Waals surface area (Å²) < 4.78 is 4.94. The summed E-state index contributed by atoms with van der Waals surface area (Å²) in [6.07, 6.45) is 1.28. The summed E-state index contributed by atoms with van der Waals surface area (Å²) in [5, 5.41) is 16.7. The number of carboxylic acid groups (broad SMARTS) is 1. The Morgan fingerprint density at radius 3 is 2.50 bits per heavy atom. The zero-order valence-electron chi connectivity index (χ0n) is 14.9. The first kappa shape index (κ1) is 20.9. The third-order valence-electron chi connectivity index (χ3n) is 3.46. The number of benzene rings is 2. The van der Waals surface area contributed by atoms with Gasteiger partial charge >= 0.3 is 11.8 Å². The highest BCUT2D eigenvalue weighted by Crippen LogP contribution is 2.24. The second-order valence-corrected chi connectivity index (χ2v) is 6.13. The van der Waals surface area contributed by atoms with Crippen molar-refractivity contribution in [1.82, 2.24) is 10.7 Å². The molecule has 2 aromatic carbocycles. The molecule has 0 saturated heterocycles. The maximum absolute atomic E-state index is 11.8. The van der Waals surface area contributed by atoms with Crippen molar-refractivity contribution in [2.24, 2.45) is 5.10 Å². The maximum Gasteiger partial charge on any atom is 0.329 e. The van der Waals surface area contributed by atoms with E-state index in [-0.39, 0.29) is 17.3 Å². The molecule has 0 aliphatic carbocycles. The lowest BCUT2D eigenvalue weighted by molar-refractivity contribution is -0.307. The van der Waals surface area contributed by atoms with Crippen molar-refractivity contribution in [3.8, 4) is 5.75 Å². The first-order valence-electron chi connectivity index (χ1n) is 8.14. The number of nitrogens with one attached hydrogen (secondary N) is 2. The largest absolute Gasteiger partial charge is 0.546 e. The molecule has 28 heavy (non-hydrogen) atoms. The van der Waals surface area contributed by atoms with Crippen molar-refractivity contribution >= 4 is 35.6 Å². The SMILES string of the molecule is Cc1ccc(CNC(=O)C(=O)N/N=C\c2ccc(OCC(=O)[O-])c(Cl)c2)cc1. The summed E-state index contributed by atoms with van der Waals surface area (Å²) >= 11 is 5.96. The first-order valence-corrected chi connectivity index (χ1v) is 8.52. The lowest BCUT2D eigenvalue weighted by Crippen LogP contribution is -2.37. The van der Waals surface area contributed by atoms with Crippen molar-refractivity contribution in [2.45, 2.75) is 13.5 Å². The van der Waals surface area contributed by atoms with Crippen LogP contribution in [0.2, 0.25) is 5.02 Å². The highest BCUT2D eigenvalue weighted by molar-refractivity contribution is 6.35. The molecule has 0 unspecified atom stereocenters. The number of halogens is 1. The molecule has 0 aromatic heterocycles. The van der Waals surface area contributed by atoms with Gasteiger partial charge in [-0.25, -0.2) is 5.43 Å². The summed E-state index contributed by atoms with van der Waals surface area (Å²) in [4.78, 5) is 33.9. The number of carbonyl (C=O) groups is 3. The molecule has 8 nitrogen and oxygen atoms in total. The summed E-state index contributed by atoms with van der Waals surface area (Å²) in [5.41, 5.74) is 4.58. The fourth-order valence-electron chi connectivity index (χ4n) is 2.04. The number of ether oxygens (including phenoxy) is 1. The molecule has 9 heteroatoms. The van der Waals surface area contributed by atoms with Gasteiger partial charge in [0.25, 0.3) is 0 Å². The quantitative estimate of drug-likeness (QED) is 0.398. The van der Waals surface area contributed by atoms with Gasteiger partial charge in [0.2, 0.25) is 0 Å². The third-order valence-corrected chi connectivity index (χ3v) is 3.76. The number of rotatable bonds is 7. The van der Waals surface area contributed by atoms with Crippen molar-refractivity contribution in [3.05, 3.63) is 64.2 Å². The van der Waals surface area contributed by atoms with Crippen LogP contribution >= 0.6 is 11.6 Å². The minimum absolute atomic E-state index is 0.160. The molecule has 0 saturated carbocycles. The second-order valence-electron chi connectivity index (χ2n) is 5.72. The maximum atomic E-state index is 11.8. The highest BCUT2D eigenvalue weighted by Gasteiger charge is 2.11. The van der Waals surface area contributed by atoms with Crippen molar-refractivity contribution in [2.75, 3.05) is 6.61 Å². The Labute approximate surface area is 166 Å². The molecular formula is C19H17ClN3O5-. The Kier molecular flexibility index (Phi) is 7.53. The van der Waals surface area contributed by atoms with Crippen LogP contribution in [0, 0.1) is 6.92 Å². The number of nitrogens with zero attached hydrogens (tertiary/aromatic N) is 1. The number of amides is 2. The molecule has 2 aromatic rings. The lowest BCUT2D eigenvalue weighted by atomic mass is 10.1. The van der Waals surface area contributed by atoms with Crippen LogP contribution in [0.5, 0.6) is 5.75 Å². The van der Waals surface area contributed by atoms with E-state index in [0.29, 0.717) is 5.56 Å². The zero-order valence-corrected chi connectivity index (χ0v) is 15.7. The minimum atomic E-state index is -1.37. The predicted molar refractivity (Wildman–Crippen MR) is 101 cm³/mol. The fraction of sp³-hybridized carbons (Fsp3) is 0.158. The number of carbonyl (C=O) groups excluding carboxylic acids is 3. The van der Waals surface area contributed by atoms with E-state index in [0.717, 1.165) is 11.1 Å². The summed E-state index contributed by atoms with van der Waals surface area (Å²) in [6, 6.07) is 12.0. The summed E-state index contributed by atoms with van der Waals surface area (Å²) in [5.74, 6) is -2.93.